The molecule has 3 aliphatic heterocycles. The number of amides is 1. The molecule has 6 nitrogen and oxygen atoms in total. The predicted octanol–water partition coefficient (Wildman–Crippen LogP) is 2.96. The minimum atomic E-state index is -0.981. The third-order valence-electron chi connectivity index (χ3n) is 7.25. The van der Waals surface area contributed by atoms with E-state index < -0.39 is 18.1 Å². The molecule has 4 aliphatic rings. The number of carbonyl (C=O) groups excluding carboxylic acids is 2. The van der Waals surface area contributed by atoms with Gasteiger partial charge in [-0.1, -0.05) is 29.8 Å². The quantitative estimate of drug-likeness (QED) is 0.702. The van der Waals surface area contributed by atoms with Gasteiger partial charge in [0.1, 0.15) is 12.3 Å². The van der Waals surface area contributed by atoms with Crippen LogP contribution in [0.2, 0.25) is 0 Å². The molecule has 1 saturated heterocycles. The molecule has 1 aliphatic carbocycles. The van der Waals surface area contributed by atoms with Crippen molar-refractivity contribution in [1.29, 1.82) is 0 Å². The number of aryl methyl sites for hydroxylation is 1. The molecule has 3 heterocycles. The number of hydrogen-bond acceptors (Lipinski definition) is 5. The molecule has 0 aromatic heterocycles. The molecule has 2 fully saturated rings. The summed E-state index contributed by atoms with van der Waals surface area (Å²) in [5.74, 6) is -0.605. The fraction of sp³-hybridized carbons (Fsp3) is 0.600. The molecule has 0 spiro atoms. The van der Waals surface area contributed by atoms with Crippen molar-refractivity contribution in [3.05, 3.63) is 46.7 Å². The lowest BCUT2D eigenvalue weighted by molar-refractivity contribution is -0.136. The van der Waals surface area contributed by atoms with Gasteiger partial charge < -0.3 is 14.4 Å². The van der Waals surface area contributed by atoms with Gasteiger partial charge >= 0.3 is 0 Å². The van der Waals surface area contributed by atoms with Crippen molar-refractivity contribution in [2.45, 2.75) is 50.9 Å². The van der Waals surface area contributed by atoms with Gasteiger partial charge in [-0.25, -0.2) is 4.39 Å². The molecule has 1 aromatic rings. The SMILES string of the molecule is Cc1ccc(C2C3=C(OC4CCC(F)CC4C3=O)C(=O)N2CCCN2CCOCC2)cc1. The number of alkyl halides is 1. The average Bonchev–Trinajstić information content (AvgIpc) is 3.08. The number of nitrogens with zero attached hydrogens (tertiary/aromatic N) is 2. The molecular weight excluding hydrogens is 411 g/mol. The summed E-state index contributed by atoms with van der Waals surface area (Å²) in [4.78, 5) is 31.1. The molecule has 1 saturated carbocycles. The van der Waals surface area contributed by atoms with Crippen LogP contribution in [0.1, 0.15) is 42.9 Å². The van der Waals surface area contributed by atoms with Crippen LogP contribution in [-0.2, 0) is 19.1 Å². The lowest BCUT2D eigenvalue weighted by Gasteiger charge is -2.36. The topological polar surface area (TPSA) is 59.1 Å². The first-order chi connectivity index (χ1) is 15.5. The van der Waals surface area contributed by atoms with Gasteiger partial charge in [0, 0.05) is 26.2 Å². The number of ketones is 1. The highest BCUT2D eigenvalue weighted by Gasteiger charge is 2.52. The second-order valence-corrected chi connectivity index (χ2v) is 9.40. The normalized spacial score (nSPS) is 30.9. The number of ether oxygens (including phenoxy) is 2. The highest BCUT2D eigenvalue weighted by molar-refractivity contribution is 6.11. The highest BCUT2D eigenvalue weighted by atomic mass is 19.1. The molecule has 0 bridgehead atoms. The van der Waals surface area contributed by atoms with Gasteiger partial charge in [0.2, 0.25) is 0 Å². The second kappa shape index (κ2) is 8.94. The van der Waals surface area contributed by atoms with Crippen LogP contribution in [-0.4, -0.2) is 73.2 Å². The zero-order chi connectivity index (χ0) is 22.2. The van der Waals surface area contributed by atoms with Crippen LogP contribution in [0.4, 0.5) is 4.39 Å². The van der Waals surface area contributed by atoms with Gasteiger partial charge in [-0.15, -0.1) is 0 Å². The lowest BCUT2D eigenvalue weighted by Crippen LogP contribution is -2.42. The van der Waals surface area contributed by atoms with E-state index in [4.69, 9.17) is 9.47 Å². The Morgan fingerprint density at radius 1 is 1.06 bits per heavy atom. The lowest BCUT2D eigenvalue weighted by atomic mass is 9.77. The fourth-order valence-corrected chi connectivity index (χ4v) is 5.48. The van der Waals surface area contributed by atoms with Gasteiger partial charge in [0.15, 0.2) is 11.5 Å². The number of halogens is 1. The summed E-state index contributed by atoms with van der Waals surface area (Å²) < 4.78 is 25.7. The van der Waals surface area contributed by atoms with E-state index in [2.05, 4.69) is 4.90 Å². The Hall–Kier alpha value is -2.25. The van der Waals surface area contributed by atoms with Crippen molar-refractivity contribution in [2.75, 3.05) is 39.4 Å². The van der Waals surface area contributed by atoms with Gasteiger partial charge in [0.25, 0.3) is 5.91 Å². The zero-order valence-electron chi connectivity index (χ0n) is 18.6. The van der Waals surface area contributed by atoms with Gasteiger partial charge in [-0.2, -0.15) is 0 Å². The van der Waals surface area contributed by atoms with Crippen molar-refractivity contribution < 1.29 is 23.5 Å². The first kappa shape index (κ1) is 21.6. The summed E-state index contributed by atoms with van der Waals surface area (Å²) in [5.41, 5.74) is 2.45. The molecule has 0 N–H and O–H groups in total. The zero-order valence-corrected chi connectivity index (χ0v) is 18.6. The monoisotopic (exact) mass is 442 g/mol. The summed E-state index contributed by atoms with van der Waals surface area (Å²) in [6.45, 7) is 6.72. The smallest absolute Gasteiger partial charge is 0.290 e. The molecule has 1 amide bonds. The van der Waals surface area contributed by atoms with Crippen LogP contribution in [0, 0.1) is 12.8 Å². The molecular formula is C25H31FN2O4. The Labute approximate surface area is 188 Å². The Balaban J connectivity index is 1.41. The van der Waals surface area contributed by atoms with E-state index in [0.29, 0.717) is 25.0 Å². The summed E-state index contributed by atoms with van der Waals surface area (Å²) in [5, 5.41) is 0. The van der Waals surface area contributed by atoms with E-state index in [-0.39, 0.29) is 30.0 Å². The summed E-state index contributed by atoms with van der Waals surface area (Å²) in [6, 6.07) is 7.50. The van der Waals surface area contributed by atoms with Crippen molar-refractivity contribution in [3.63, 3.8) is 0 Å². The second-order valence-electron chi connectivity index (χ2n) is 9.40. The van der Waals surface area contributed by atoms with Crippen LogP contribution >= 0.6 is 0 Å². The molecule has 4 unspecified atom stereocenters. The Kier molecular flexibility index (Phi) is 6.03. The maximum absolute atomic E-state index is 14.1. The van der Waals surface area contributed by atoms with Crippen molar-refractivity contribution in [3.8, 4) is 0 Å². The summed E-state index contributed by atoms with van der Waals surface area (Å²) in [7, 11) is 0. The molecule has 7 heteroatoms. The summed E-state index contributed by atoms with van der Waals surface area (Å²) in [6.07, 6.45) is 0.493. The first-order valence-corrected chi connectivity index (χ1v) is 11.8. The van der Waals surface area contributed by atoms with Crippen LogP contribution in [0.25, 0.3) is 0 Å². The minimum Gasteiger partial charge on any atom is -0.483 e. The Bertz CT molecular complexity index is 909. The highest BCUT2D eigenvalue weighted by Crippen LogP contribution is 2.47. The number of hydrogen-bond donors (Lipinski definition) is 0. The number of rotatable bonds is 5. The fourth-order valence-electron chi connectivity index (χ4n) is 5.48. The molecule has 172 valence electrons. The third-order valence-corrected chi connectivity index (χ3v) is 7.25. The van der Waals surface area contributed by atoms with Crippen molar-refractivity contribution in [1.82, 2.24) is 9.80 Å². The number of Topliss-reactive ketones (excluding diaryl/α,β-unsaturated/α-hetero) is 1. The minimum absolute atomic E-state index is 0.104. The average molecular weight is 443 g/mol. The van der Waals surface area contributed by atoms with E-state index >= 15 is 0 Å². The van der Waals surface area contributed by atoms with Crippen molar-refractivity contribution in [2.24, 2.45) is 5.92 Å². The first-order valence-electron chi connectivity index (χ1n) is 11.8. The van der Waals surface area contributed by atoms with Crippen LogP contribution in [0.3, 0.4) is 0 Å². The molecule has 1 aromatic carbocycles. The Morgan fingerprint density at radius 2 is 1.81 bits per heavy atom. The standard InChI is InChI=1S/C25H31FN2O4/c1-16-3-5-17(6-4-16)22-21-23(29)19-15-18(26)7-8-20(19)32-24(21)25(30)28(22)10-2-9-27-11-13-31-14-12-27/h3-6,18-20,22H,2,7-15H2,1H3. The van der Waals surface area contributed by atoms with Gasteiger partial charge in [-0.3, -0.25) is 14.5 Å². The summed E-state index contributed by atoms with van der Waals surface area (Å²) >= 11 is 0. The van der Waals surface area contributed by atoms with E-state index in [1.807, 2.05) is 31.2 Å². The van der Waals surface area contributed by atoms with E-state index in [1.165, 1.54) is 0 Å². The largest absolute Gasteiger partial charge is 0.483 e. The molecule has 32 heavy (non-hydrogen) atoms. The maximum Gasteiger partial charge on any atom is 0.290 e. The van der Waals surface area contributed by atoms with Crippen LogP contribution in [0.15, 0.2) is 35.6 Å². The van der Waals surface area contributed by atoms with E-state index in [1.54, 1.807) is 4.90 Å². The molecule has 0 radical (unpaired) electrons. The van der Waals surface area contributed by atoms with E-state index in [9.17, 15) is 14.0 Å². The number of morpholine rings is 1. The van der Waals surface area contributed by atoms with Gasteiger partial charge in [-0.05, 0) is 38.2 Å². The predicted molar refractivity (Wildman–Crippen MR) is 117 cm³/mol. The third kappa shape index (κ3) is 3.97. The number of fused-ring (bicyclic) bond motifs is 1. The van der Waals surface area contributed by atoms with Crippen molar-refractivity contribution >= 4 is 11.7 Å². The Morgan fingerprint density at radius 3 is 2.56 bits per heavy atom. The van der Waals surface area contributed by atoms with Crippen LogP contribution < -0.4 is 0 Å². The maximum atomic E-state index is 14.1. The van der Waals surface area contributed by atoms with E-state index in [0.717, 1.165) is 50.4 Å². The number of benzene rings is 1. The van der Waals surface area contributed by atoms with Crippen LogP contribution in [0.5, 0.6) is 0 Å². The molecule has 4 atom stereocenters. The molecule has 5 rings (SSSR count). The van der Waals surface area contributed by atoms with Gasteiger partial charge in [0.05, 0.1) is 30.7 Å². The number of carbonyl (C=O) groups is 2.